The van der Waals surface area contributed by atoms with Crippen molar-refractivity contribution < 1.29 is 14.3 Å². The minimum atomic E-state index is -0.500. The lowest BCUT2D eigenvalue weighted by Gasteiger charge is -2.32. The van der Waals surface area contributed by atoms with E-state index < -0.39 is 5.60 Å². The third kappa shape index (κ3) is 6.31. The first-order valence-electron chi connectivity index (χ1n) is 10.6. The van der Waals surface area contributed by atoms with Crippen LogP contribution in [-0.4, -0.2) is 54.3 Å². The number of nitrogens with zero attached hydrogens (tertiary/aromatic N) is 2. The molecule has 0 bridgehead atoms. The van der Waals surface area contributed by atoms with Gasteiger partial charge in [-0.15, -0.1) is 0 Å². The predicted molar refractivity (Wildman–Crippen MR) is 119 cm³/mol. The van der Waals surface area contributed by atoms with Crippen LogP contribution in [0.1, 0.15) is 31.9 Å². The SMILES string of the molecule is COC[C@@H]1CN(C(=O)OC(C)(C)C)C[C@H]1N(Cc1ccccc1)Cc1ccccc1. The van der Waals surface area contributed by atoms with Crippen molar-refractivity contribution in [3.63, 3.8) is 0 Å². The van der Waals surface area contributed by atoms with E-state index in [1.165, 1.54) is 11.1 Å². The van der Waals surface area contributed by atoms with Crippen LogP contribution in [0.5, 0.6) is 0 Å². The number of ether oxygens (including phenoxy) is 2. The summed E-state index contributed by atoms with van der Waals surface area (Å²) in [5.74, 6) is 0.231. The fourth-order valence-corrected chi connectivity index (χ4v) is 4.05. The normalized spacial score (nSPS) is 19.3. The molecule has 0 aliphatic carbocycles. The van der Waals surface area contributed by atoms with Crippen molar-refractivity contribution in [1.82, 2.24) is 9.80 Å². The average molecular weight is 411 g/mol. The lowest BCUT2D eigenvalue weighted by atomic mass is 10.0. The summed E-state index contributed by atoms with van der Waals surface area (Å²) < 4.78 is 11.2. The van der Waals surface area contributed by atoms with Crippen molar-refractivity contribution in [1.29, 1.82) is 0 Å². The van der Waals surface area contributed by atoms with Crippen molar-refractivity contribution in [2.45, 2.75) is 45.5 Å². The van der Waals surface area contributed by atoms with Crippen LogP contribution in [0, 0.1) is 5.92 Å². The number of hydrogen-bond donors (Lipinski definition) is 0. The highest BCUT2D eigenvalue weighted by atomic mass is 16.6. The van der Waals surface area contributed by atoms with Crippen molar-refractivity contribution in [3.8, 4) is 0 Å². The van der Waals surface area contributed by atoms with Crippen LogP contribution in [0.25, 0.3) is 0 Å². The molecule has 1 heterocycles. The third-order valence-corrected chi connectivity index (χ3v) is 5.36. The monoisotopic (exact) mass is 410 g/mol. The van der Waals surface area contributed by atoms with Crippen molar-refractivity contribution in [3.05, 3.63) is 71.8 Å². The topological polar surface area (TPSA) is 42.0 Å². The molecule has 2 atom stereocenters. The quantitative estimate of drug-likeness (QED) is 0.671. The van der Waals surface area contributed by atoms with Crippen LogP contribution in [0.15, 0.2) is 60.7 Å². The highest BCUT2D eigenvalue weighted by molar-refractivity contribution is 5.68. The molecule has 1 aliphatic heterocycles. The van der Waals surface area contributed by atoms with Gasteiger partial charge in [0.2, 0.25) is 0 Å². The Kier molecular flexibility index (Phi) is 7.51. The molecule has 1 aliphatic rings. The standard InChI is InChI=1S/C25H34N2O3/c1-25(2,3)30-24(28)27-17-22(19-29-4)23(18-27)26(15-20-11-7-5-8-12-20)16-21-13-9-6-10-14-21/h5-14,22-23H,15-19H2,1-4H3/t22-,23+/m0/s1. The molecule has 3 rings (SSSR count). The Bertz CT molecular complexity index is 748. The van der Waals surface area contributed by atoms with Gasteiger partial charge < -0.3 is 14.4 Å². The van der Waals surface area contributed by atoms with E-state index in [-0.39, 0.29) is 18.1 Å². The summed E-state index contributed by atoms with van der Waals surface area (Å²) in [6, 6.07) is 21.2. The lowest BCUT2D eigenvalue weighted by Crippen LogP contribution is -2.42. The van der Waals surface area contributed by atoms with Crippen LogP contribution >= 0.6 is 0 Å². The molecule has 0 aromatic heterocycles. The van der Waals surface area contributed by atoms with Crippen LogP contribution in [0.4, 0.5) is 4.79 Å². The van der Waals surface area contributed by atoms with Gasteiger partial charge in [-0.05, 0) is 31.9 Å². The minimum absolute atomic E-state index is 0.192. The zero-order valence-electron chi connectivity index (χ0n) is 18.6. The zero-order chi connectivity index (χ0) is 21.6. The molecule has 0 unspecified atom stereocenters. The molecule has 2 aromatic carbocycles. The van der Waals surface area contributed by atoms with Gasteiger partial charge in [-0.1, -0.05) is 60.7 Å². The molecular weight excluding hydrogens is 376 g/mol. The van der Waals surface area contributed by atoms with Gasteiger partial charge in [0, 0.05) is 45.2 Å². The van der Waals surface area contributed by atoms with Gasteiger partial charge >= 0.3 is 6.09 Å². The van der Waals surface area contributed by atoms with Crippen molar-refractivity contribution in [2.75, 3.05) is 26.8 Å². The van der Waals surface area contributed by atoms with Gasteiger partial charge in [-0.25, -0.2) is 4.79 Å². The molecule has 30 heavy (non-hydrogen) atoms. The number of hydrogen-bond acceptors (Lipinski definition) is 4. The van der Waals surface area contributed by atoms with Gasteiger partial charge in [0.05, 0.1) is 6.61 Å². The number of benzene rings is 2. The molecule has 5 heteroatoms. The number of likely N-dealkylation sites (tertiary alicyclic amines) is 1. The summed E-state index contributed by atoms with van der Waals surface area (Å²) in [7, 11) is 1.73. The minimum Gasteiger partial charge on any atom is -0.444 e. The maximum absolute atomic E-state index is 12.7. The summed E-state index contributed by atoms with van der Waals surface area (Å²) in [6.45, 7) is 9.26. The molecule has 0 N–H and O–H groups in total. The largest absolute Gasteiger partial charge is 0.444 e. The summed E-state index contributed by atoms with van der Waals surface area (Å²) in [4.78, 5) is 17.0. The van der Waals surface area contributed by atoms with Gasteiger partial charge in [-0.2, -0.15) is 0 Å². The highest BCUT2D eigenvalue weighted by Crippen LogP contribution is 2.27. The Morgan fingerprint density at radius 3 is 1.97 bits per heavy atom. The highest BCUT2D eigenvalue weighted by Gasteiger charge is 2.40. The smallest absolute Gasteiger partial charge is 0.410 e. The molecule has 0 saturated carbocycles. The molecule has 5 nitrogen and oxygen atoms in total. The second-order valence-corrected chi connectivity index (χ2v) is 9.04. The Hall–Kier alpha value is -2.37. The number of carbonyl (C=O) groups is 1. The second-order valence-electron chi connectivity index (χ2n) is 9.04. The molecular formula is C25H34N2O3. The molecule has 1 amide bonds. The Morgan fingerprint density at radius 1 is 0.967 bits per heavy atom. The van der Waals surface area contributed by atoms with Crippen molar-refractivity contribution in [2.24, 2.45) is 5.92 Å². The van der Waals surface area contributed by atoms with E-state index in [1.807, 2.05) is 37.8 Å². The Labute approximate surface area is 180 Å². The van der Waals surface area contributed by atoms with Gasteiger partial charge in [0.15, 0.2) is 0 Å². The third-order valence-electron chi connectivity index (χ3n) is 5.36. The van der Waals surface area contributed by atoms with Crippen LogP contribution in [-0.2, 0) is 22.6 Å². The number of methoxy groups -OCH3 is 1. The second kappa shape index (κ2) is 10.1. The van der Waals surface area contributed by atoms with E-state index >= 15 is 0 Å². The van der Waals surface area contributed by atoms with Gasteiger partial charge in [-0.3, -0.25) is 4.90 Å². The maximum atomic E-state index is 12.7. The first kappa shape index (κ1) is 22.3. The Balaban J connectivity index is 1.82. The molecule has 1 saturated heterocycles. The van der Waals surface area contributed by atoms with E-state index in [1.54, 1.807) is 7.11 Å². The summed E-state index contributed by atoms with van der Waals surface area (Å²) in [5.41, 5.74) is 2.03. The van der Waals surface area contributed by atoms with Crippen LogP contribution in [0.2, 0.25) is 0 Å². The number of rotatable bonds is 7. The predicted octanol–water partition coefficient (Wildman–Crippen LogP) is 4.57. The van der Waals surface area contributed by atoms with E-state index in [0.717, 1.165) is 13.1 Å². The van der Waals surface area contributed by atoms with Crippen molar-refractivity contribution >= 4 is 6.09 Å². The lowest BCUT2D eigenvalue weighted by molar-refractivity contribution is 0.0274. The fraction of sp³-hybridized carbons (Fsp3) is 0.480. The maximum Gasteiger partial charge on any atom is 0.410 e. The summed E-state index contributed by atoms with van der Waals surface area (Å²) in [5, 5.41) is 0. The van der Waals surface area contributed by atoms with Crippen LogP contribution < -0.4 is 0 Å². The molecule has 0 spiro atoms. The van der Waals surface area contributed by atoms with Gasteiger partial charge in [0.25, 0.3) is 0 Å². The summed E-state index contributed by atoms with van der Waals surface area (Å²) in [6.07, 6.45) is -0.245. The molecule has 0 radical (unpaired) electrons. The van der Waals surface area contributed by atoms with Gasteiger partial charge in [0.1, 0.15) is 5.60 Å². The fourth-order valence-electron chi connectivity index (χ4n) is 4.05. The van der Waals surface area contributed by atoms with E-state index in [0.29, 0.717) is 19.7 Å². The average Bonchev–Trinajstić information content (AvgIpc) is 3.12. The molecule has 1 fully saturated rings. The molecule has 162 valence electrons. The van der Waals surface area contributed by atoms with E-state index in [9.17, 15) is 4.79 Å². The van der Waals surface area contributed by atoms with Crippen LogP contribution in [0.3, 0.4) is 0 Å². The van der Waals surface area contributed by atoms with E-state index in [2.05, 4.69) is 53.4 Å². The Morgan fingerprint density at radius 2 is 1.50 bits per heavy atom. The zero-order valence-corrected chi connectivity index (χ0v) is 18.6. The summed E-state index contributed by atoms with van der Waals surface area (Å²) >= 11 is 0. The molecule has 2 aromatic rings. The number of amides is 1. The number of carbonyl (C=O) groups excluding carboxylic acids is 1. The van der Waals surface area contributed by atoms with E-state index in [4.69, 9.17) is 9.47 Å². The first-order chi connectivity index (χ1) is 14.4. The first-order valence-corrected chi connectivity index (χ1v) is 10.6.